The lowest BCUT2D eigenvalue weighted by Gasteiger charge is -2.31. The highest BCUT2D eigenvalue weighted by Gasteiger charge is 2.34. The van der Waals surface area contributed by atoms with Crippen LogP contribution in [0.5, 0.6) is 0 Å². The molecule has 0 saturated heterocycles. The molecule has 6 N–H and O–H groups in total. The van der Waals surface area contributed by atoms with Crippen LogP contribution < -0.4 is 16.4 Å². The van der Waals surface area contributed by atoms with Crippen molar-refractivity contribution in [3.05, 3.63) is 34.0 Å². The Hall–Kier alpha value is -2.23. The van der Waals surface area contributed by atoms with Gasteiger partial charge >= 0.3 is 0 Å². The number of nitrogens with two attached hydrogens (primary N) is 1. The summed E-state index contributed by atoms with van der Waals surface area (Å²) in [5.74, 6) is -1.69. The summed E-state index contributed by atoms with van der Waals surface area (Å²) >= 11 is 1.23. The van der Waals surface area contributed by atoms with E-state index < -0.39 is 42.0 Å². The van der Waals surface area contributed by atoms with Crippen molar-refractivity contribution >= 4 is 29.1 Å². The van der Waals surface area contributed by atoms with Crippen LogP contribution in [0.3, 0.4) is 0 Å². The lowest BCUT2D eigenvalue weighted by molar-refractivity contribution is -0.125. The fourth-order valence-corrected chi connectivity index (χ4v) is 2.88. The summed E-state index contributed by atoms with van der Waals surface area (Å²) in [5, 5.41) is 26.7. The molecule has 0 bridgehead atoms. The quantitative estimate of drug-likeness (QED) is 0.456. The summed E-state index contributed by atoms with van der Waals surface area (Å²) in [6.45, 7) is 1.44. The second-order valence-corrected chi connectivity index (χ2v) is 6.48. The minimum absolute atomic E-state index is 0.0934. The van der Waals surface area contributed by atoms with Gasteiger partial charge in [0.25, 0.3) is 5.91 Å². The maximum absolute atomic E-state index is 12.1. The minimum atomic E-state index is -1.24. The van der Waals surface area contributed by atoms with Crippen molar-refractivity contribution in [1.29, 1.82) is 0 Å². The van der Waals surface area contributed by atoms with E-state index in [2.05, 4.69) is 10.6 Å². The second kappa shape index (κ2) is 7.56. The van der Waals surface area contributed by atoms with E-state index in [0.717, 1.165) is 0 Å². The number of hydrogen-bond donors (Lipinski definition) is 5. The Bertz CT molecular complexity index is 658. The number of carbonyl (C=O) groups excluding carboxylic acids is 3. The van der Waals surface area contributed by atoms with Gasteiger partial charge in [0, 0.05) is 12.0 Å². The molecule has 4 atom stereocenters. The van der Waals surface area contributed by atoms with Gasteiger partial charge in [0.1, 0.15) is 12.1 Å². The van der Waals surface area contributed by atoms with Gasteiger partial charge in [0.15, 0.2) is 0 Å². The molecule has 0 aliphatic heterocycles. The fourth-order valence-electron chi connectivity index (χ4n) is 2.25. The first-order valence-corrected chi connectivity index (χ1v) is 8.19. The zero-order chi connectivity index (χ0) is 17.9. The van der Waals surface area contributed by atoms with Crippen molar-refractivity contribution in [3.8, 4) is 0 Å². The zero-order valence-electron chi connectivity index (χ0n) is 12.9. The Morgan fingerprint density at radius 2 is 2.04 bits per heavy atom. The molecule has 9 heteroatoms. The number of aliphatic hydroxyl groups excluding tert-OH is 2. The smallest absolute Gasteiger partial charge is 0.261 e. The van der Waals surface area contributed by atoms with Gasteiger partial charge in [-0.3, -0.25) is 14.4 Å². The van der Waals surface area contributed by atoms with E-state index in [1.807, 2.05) is 0 Å². The third kappa shape index (κ3) is 4.19. The van der Waals surface area contributed by atoms with Gasteiger partial charge in [-0.05, 0) is 18.4 Å². The topological polar surface area (TPSA) is 142 Å². The molecule has 2 rings (SSSR count). The Labute approximate surface area is 142 Å². The van der Waals surface area contributed by atoms with Crippen LogP contribution in [-0.4, -0.2) is 52.2 Å². The minimum Gasteiger partial charge on any atom is -0.390 e. The molecule has 0 radical (unpaired) electrons. The Morgan fingerprint density at radius 3 is 2.62 bits per heavy atom. The first-order chi connectivity index (χ1) is 11.3. The van der Waals surface area contributed by atoms with Gasteiger partial charge in [0.2, 0.25) is 11.8 Å². The van der Waals surface area contributed by atoms with Crippen LogP contribution in [0.25, 0.3) is 0 Å². The predicted octanol–water partition coefficient (Wildman–Crippen LogP) is -1.11. The van der Waals surface area contributed by atoms with E-state index in [1.54, 1.807) is 17.5 Å². The molecular formula is C15H19N3O5S. The molecule has 24 heavy (non-hydrogen) atoms. The van der Waals surface area contributed by atoms with Gasteiger partial charge in [-0.15, -0.1) is 11.3 Å². The summed E-state index contributed by atoms with van der Waals surface area (Å²) < 4.78 is 0. The van der Waals surface area contributed by atoms with E-state index >= 15 is 0 Å². The van der Waals surface area contributed by atoms with Gasteiger partial charge in [0.05, 0.1) is 17.0 Å². The molecular weight excluding hydrogens is 334 g/mol. The summed E-state index contributed by atoms with van der Waals surface area (Å²) in [5.41, 5.74) is 5.26. The third-order valence-corrected chi connectivity index (χ3v) is 4.55. The first-order valence-electron chi connectivity index (χ1n) is 7.31. The van der Waals surface area contributed by atoms with Crippen molar-refractivity contribution < 1.29 is 24.6 Å². The maximum atomic E-state index is 12.1. The van der Waals surface area contributed by atoms with Gasteiger partial charge < -0.3 is 26.6 Å². The lowest BCUT2D eigenvalue weighted by atomic mass is 9.90. The highest BCUT2D eigenvalue weighted by atomic mass is 32.1. The van der Waals surface area contributed by atoms with Crippen LogP contribution in [0.15, 0.2) is 29.2 Å². The van der Waals surface area contributed by atoms with Crippen LogP contribution in [0.2, 0.25) is 0 Å². The van der Waals surface area contributed by atoms with Crippen LogP contribution in [0.4, 0.5) is 0 Å². The molecule has 8 nitrogen and oxygen atoms in total. The van der Waals surface area contributed by atoms with Crippen molar-refractivity contribution in [2.45, 2.75) is 37.6 Å². The van der Waals surface area contributed by atoms with E-state index in [9.17, 15) is 24.6 Å². The number of thiophene rings is 1. The number of nitrogens with one attached hydrogen (secondary N) is 2. The Balaban J connectivity index is 2.12. The monoisotopic (exact) mass is 353 g/mol. The fraction of sp³-hybridized carbons (Fsp3) is 0.400. The number of primary amides is 1. The molecule has 1 heterocycles. The summed E-state index contributed by atoms with van der Waals surface area (Å²) in [6.07, 6.45) is -1.16. The standard InChI is InChI=1S/C15H19N3O5S/c1-7(13(16)21)17-14(22)8-5-9(12(20)10(19)6-8)18-15(23)11-3-2-4-24-11/h2-5,7,9-10,12,19-20H,6H2,1H3,(H2,16,21)(H,17,22)(H,18,23)/t7-,9-,10-,12-/m1/s1. The number of amides is 3. The zero-order valence-corrected chi connectivity index (χ0v) is 13.7. The number of rotatable bonds is 5. The Morgan fingerprint density at radius 1 is 1.33 bits per heavy atom. The van der Waals surface area contributed by atoms with Crippen LogP contribution in [-0.2, 0) is 9.59 Å². The Kier molecular flexibility index (Phi) is 5.71. The summed E-state index contributed by atoms with van der Waals surface area (Å²) in [6, 6.07) is 1.54. The second-order valence-electron chi connectivity index (χ2n) is 5.53. The molecule has 3 amide bonds. The SMILES string of the molecule is C[C@@H](NC(=O)C1=C[C@@H](NC(=O)c2cccs2)[C@@H](O)[C@H](O)C1)C(N)=O. The van der Waals surface area contributed by atoms with Gasteiger partial charge in [-0.2, -0.15) is 0 Å². The number of hydrogen-bond acceptors (Lipinski definition) is 6. The normalized spacial score (nSPS) is 24.6. The van der Waals surface area contributed by atoms with E-state index in [4.69, 9.17) is 5.73 Å². The van der Waals surface area contributed by atoms with Crippen LogP contribution >= 0.6 is 11.3 Å². The number of aliphatic hydroxyl groups is 2. The average Bonchev–Trinajstić information content (AvgIpc) is 3.05. The summed E-state index contributed by atoms with van der Waals surface area (Å²) in [7, 11) is 0. The van der Waals surface area contributed by atoms with E-state index in [0.29, 0.717) is 4.88 Å². The molecule has 0 spiro atoms. The van der Waals surface area contributed by atoms with E-state index in [1.165, 1.54) is 24.3 Å². The molecule has 1 aliphatic carbocycles. The van der Waals surface area contributed by atoms with Gasteiger partial charge in [-0.1, -0.05) is 12.1 Å². The molecule has 1 aromatic heterocycles. The van der Waals surface area contributed by atoms with Crippen LogP contribution in [0, 0.1) is 0 Å². The largest absolute Gasteiger partial charge is 0.390 e. The highest BCUT2D eigenvalue weighted by molar-refractivity contribution is 7.12. The molecule has 1 aliphatic rings. The molecule has 130 valence electrons. The molecule has 0 aromatic carbocycles. The average molecular weight is 353 g/mol. The first kappa shape index (κ1) is 18.1. The van der Waals surface area contributed by atoms with Crippen molar-refractivity contribution in [2.24, 2.45) is 5.73 Å². The molecule has 0 fully saturated rings. The molecule has 0 unspecified atom stereocenters. The predicted molar refractivity (Wildman–Crippen MR) is 87.1 cm³/mol. The van der Waals surface area contributed by atoms with E-state index in [-0.39, 0.29) is 12.0 Å². The molecule has 0 saturated carbocycles. The highest BCUT2D eigenvalue weighted by Crippen LogP contribution is 2.21. The van der Waals surface area contributed by atoms with Gasteiger partial charge in [-0.25, -0.2) is 0 Å². The lowest BCUT2D eigenvalue weighted by Crippen LogP contribution is -2.51. The van der Waals surface area contributed by atoms with Crippen molar-refractivity contribution in [2.75, 3.05) is 0 Å². The number of carbonyl (C=O) groups is 3. The summed E-state index contributed by atoms with van der Waals surface area (Å²) in [4.78, 5) is 35.7. The maximum Gasteiger partial charge on any atom is 0.261 e. The van der Waals surface area contributed by atoms with Crippen LogP contribution in [0.1, 0.15) is 23.0 Å². The third-order valence-electron chi connectivity index (χ3n) is 3.68. The molecule has 1 aromatic rings. The van der Waals surface area contributed by atoms with Crippen molar-refractivity contribution in [3.63, 3.8) is 0 Å². The van der Waals surface area contributed by atoms with Crippen molar-refractivity contribution in [1.82, 2.24) is 10.6 Å².